The maximum absolute atomic E-state index is 12.5. The van der Waals surface area contributed by atoms with Crippen LogP contribution in [0.2, 0.25) is 5.02 Å². The quantitative estimate of drug-likeness (QED) is 0.539. The maximum Gasteiger partial charge on any atom is 0.255 e. The van der Waals surface area contributed by atoms with E-state index in [1.54, 1.807) is 30.0 Å². The Hall–Kier alpha value is -2.43. The third-order valence-corrected chi connectivity index (χ3v) is 4.87. The average Bonchev–Trinajstić information content (AvgIpc) is 2.68. The van der Waals surface area contributed by atoms with Gasteiger partial charge in [-0.25, -0.2) is 0 Å². The minimum Gasteiger partial charge on any atom is -0.489 e. The van der Waals surface area contributed by atoms with Crippen LogP contribution in [0.5, 0.6) is 5.75 Å². The van der Waals surface area contributed by atoms with Gasteiger partial charge in [-0.2, -0.15) is 0 Å². The van der Waals surface area contributed by atoms with Gasteiger partial charge in [-0.05, 0) is 48.7 Å². The molecule has 0 bridgehead atoms. The highest BCUT2D eigenvalue weighted by Crippen LogP contribution is 2.22. The van der Waals surface area contributed by atoms with Crippen molar-refractivity contribution in [3.63, 3.8) is 0 Å². The lowest BCUT2D eigenvalue weighted by Gasteiger charge is -2.10. The van der Waals surface area contributed by atoms with Crippen molar-refractivity contribution >= 4 is 35.0 Å². The third-order valence-electron chi connectivity index (χ3n) is 3.78. The van der Waals surface area contributed by atoms with Crippen LogP contribution in [0, 0.1) is 0 Å². The second-order valence-corrected chi connectivity index (χ2v) is 6.88. The molecule has 0 heterocycles. The van der Waals surface area contributed by atoms with Crippen LogP contribution in [0.3, 0.4) is 0 Å². The molecule has 0 atom stereocenters. The average molecular weight is 384 g/mol. The molecule has 3 nitrogen and oxygen atoms in total. The first-order valence-electron chi connectivity index (χ1n) is 8.07. The van der Waals surface area contributed by atoms with E-state index in [0.29, 0.717) is 22.9 Å². The molecule has 132 valence electrons. The number of thioether (sulfide) groups is 1. The lowest BCUT2D eigenvalue weighted by atomic mass is 10.2. The van der Waals surface area contributed by atoms with Gasteiger partial charge in [0.2, 0.25) is 0 Å². The molecule has 3 aromatic rings. The van der Waals surface area contributed by atoms with Crippen LogP contribution < -0.4 is 10.1 Å². The molecule has 0 aromatic heterocycles. The van der Waals surface area contributed by atoms with Gasteiger partial charge in [0, 0.05) is 26.7 Å². The summed E-state index contributed by atoms with van der Waals surface area (Å²) in [6.45, 7) is 0.348. The lowest BCUT2D eigenvalue weighted by Crippen LogP contribution is -2.12. The van der Waals surface area contributed by atoms with Crippen LogP contribution in [0.25, 0.3) is 0 Å². The minimum absolute atomic E-state index is 0.175. The molecule has 0 aliphatic rings. The fraction of sp³-hybridized carbons (Fsp3) is 0.0952. The Labute approximate surface area is 162 Å². The van der Waals surface area contributed by atoms with E-state index in [-0.39, 0.29) is 5.91 Å². The van der Waals surface area contributed by atoms with E-state index in [0.717, 1.165) is 16.1 Å². The summed E-state index contributed by atoms with van der Waals surface area (Å²) in [6, 6.07) is 22.4. The highest BCUT2D eigenvalue weighted by atomic mass is 35.5. The van der Waals surface area contributed by atoms with Crippen LogP contribution >= 0.6 is 23.4 Å². The van der Waals surface area contributed by atoms with Gasteiger partial charge in [-0.15, -0.1) is 11.8 Å². The molecule has 0 aliphatic carbocycles. The van der Waals surface area contributed by atoms with Gasteiger partial charge in [0.1, 0.15) is 12.4 Å². The molecule has 0 fully saturated rings. The van der Waals surface area contributed by atoms with Crippen molar-refractivity contribution < 1.29 is 9.53 Å². The standard InChI is InChI=1S/C21H18ClNO2S/c1-26-19-10-5-8-17(13-19)23-21(24)15-7-4-9-18(12-15)25-14-16-6-2-3-11-20(16)22/h2-13H,14H2,1H3,(H,23,24). The number of benzene rings is 3. The molecule has 3 aromatic carbocycles. The summed E-state index contributed by atoms with van der Waals surface area (Å²) in [5, 5.41) is 3.58. The SMILES string of the molecule is CSc1cccc(NC(=O)c2cccc(OCc3ccccc3Cl)c2)c1. The Bertz CT molecular complexity index is 914. The van der Waals surface area contributed by atoms with Crippen molar-refractivity contribution in [2.75, 3.05) is 11.6 Å². The second-order valence-electron chi connectivity index (χ2n) is 5.59. The monoisotopic (exact) mass is 383 g/mol. The molecule has 3 rings (SSSR count). The highest BCUT2D eigenvalue weighted by molar-refractivity contribution is 7.98. The van der Waals surface area contributed by atoms with E-state index < -0.39 is 0 Å². The first-order chi connectivity index (χ1) is 12.7. The van der Waals surface area contributed by atoms with Gasteiger partial charge in [-0.1, -0.05) is 41.9 Å². The van der Waals surface area contributed by atoms with Crippen LogP contribution in [-0.2, 0) is 6.61 Å². The zero-order valence-corrected chi connectivity index (χ0v) is 15.8. The zero-order chi connectivity index (χ0) is 18.4. The number of anilines is 1. The number of carbonyl (C=O) groups excluding carboxylic acids is 1. The number of ether oxygens (including phenoxy) is 1. The van der Waals surface area contributed by atoms with Crippen molar-refractivity contribution in [3.8, 4) is 5.75 Å². The summed E-state index contributed by atoms with van der Waals surface area (Å²) in [5.74, 6) is 0.446. The zero-order valence-electron chi connectivity index (χ0n) is 14.2. The summed E-state index contributed by atoms with van der Waals surface area (Å²) in [6.07, 6.45) is 2.00. The molecule has 1 N–H and O–H groups in total. The number of amides is 1. The molecule has 26 heavy (non-hydrogen) atoms. The Balaban J connectivity index is 1.68. The Morgan fingerprint density at radius 2 is 1.85 bits per heavy atom. The van der Waals surface area contributed by atoms with Crippen molar-refractivity contribution in [1.29, 1.82) is 0 Å². The number of carbonyl (C=O) groups is 1. The van der Waals surface area contributed by atoms with Crippen molar-refractivity contribution in [3.05, 3.63) is 88.9 Å². The molecule has 0 saturated carbocycles. The number of hydrogen-bond donors (Lipinski definition) is 1. The van der Waals surface area contributed by atoms with E-state index in [1.807, 2.05) is 60.9 Å². The predicted molar refractivity (Wildman–Crippen MR) is 108 cm³/mol. The van der Waals surface area contributed by atoms with Crippen molar-refractivity contribution in [2.24, 2.45) is 0 Å². The molecule has 0 saturated heterocycles. The van der Waals surface area contributed by atoms with E-state index >= 15 is 0 Å². The van der Waals surface area contributed by atoms with Gasteiger partial charge in [0.15, 0.2) is 0 Å². The van der Waals surface area contributed by atoms with Crippen LogP contribution in [-0.4, -0.2) is 12.2 Å². The largest absolute Gasteiger partial charge is 0.489 e. The van der Waals surface area contributed by atoms with Gasteiger partial charge in [0.25, 0.3) is 5.91 Å². The van der Waals surface area contributed by atoms with E-state index in [9.17, 15) is 4.79 Å². The molecule has 0 unspecified atom stereocenters. The smallest absolute Gasteiger partial charge is 0.255 e. The number of hydrogen-bond acceptors (Lipinski definition) is 3. The first kappa shape index (κ1) is 18.4. The number of nitrogens with one attached hydrogen (secondary N) is 1. The maximum atomic E-state index is 12.5. The normalized spacial score (nSPS) is 10.4. The molecule has 0 spiro atoms. The predicted octanol–water partition coefficient (Wildman–Crippen LogP) is 5.89. The topological polar surface area (TPSA) is 38.3 Å². The van der Waals surface area contributed by atoms with Gasteiger partial charge in [-0.3, -0.25) is 4.79 Å². The van der Waals surface area contributed by atoms with E-state index in [2.05, 4.69) is 5.32 Å². The van der Waals surface area contributed by atoms with Gasteiger partial charge >= 0.3 is 0 Å². The number of halogens is 1. The lowest BCUT2D eigenvalue weighted by molar-refractivity contribution is 0.102. The summed E-state index contributed by atoms with van der Waals surface area (Å²) < 4.78 is 5.78. The minimum atomic E-state index is -0.175. The highest BCUT2D eigenvalue weighted by Gasteiger charge is 2.08. The number of rotatable bonds is 6. The summed E-state index contributed by atoms with van der Waals surface area (Å²) >= 11 is 7.77. The molecular weight excluding hydrogens is 366 g/mol. The molecule has 1 amide bonds. The molecule has 0 aliphatic heterocycles. The third kappa shape index (κ3) is 4.81. The fourth-order valence-electron chi connectivity index (χ4n) is 2.41. The second kappa shape index (κ2) is 8.79. The first-order valence-corrected chi connectivity index (χ1v) is 9.67. The van der Waals surface area contributed by atoms with Crippen LogP contribution in [0.4, 0.5) is 5.69 Å². The van der Waals surface area contributed by atoms with E-state index in [1.165, 1.54) is 0 Å². The summed E-state index contributed by atoms with van der Waals surface area (Å²) in [7, 11) is 0. The van der Waals surface area contributed by atoms with Crippen LogP contribution in [0.15, 0.2) is 77.7 Å². The Kier molecular flexibility index (Phi) is 6.21. The van der Waals surface area contributed by atoms with Gasteiger partial charge in [0.05, 0.1) is 0 Å². The van der Waals surface area contributed by atoms with Crippen molar-refractivity contribution in [1.82, 2.24) is 0 Å². The molecular formula is C21H18ClNO2S. The summed E-state index contributed by atoms with van der Waals surface area (Å²) in [5.41, 5.74) is 2.21. The van der Waals surface area contributed by atoms with E-state index in [4.69, 9.17) is 16.3 Å². The van der Waals surface area contributed by atoms with Crippen LogP contribution in [0.1, 0.15) is 15.9 Å². The molecule has 5 heteroatoms. The Morgan fingerprint density at radius 1 is 1.04 bits per heavy atom. The summed E-state index contributed by atoms with van der Waals surface area (Å²) in [4.78, 5) is 13.6. The van der Waals surface area contributed by atoms with Gasteiger partial charge < -0.3 is 10.1 Å². The fourth-order valence-corrected chi connectivity index (χ4v) is 3.06. The van der Waals surface area contributed by atoms with Crippen molar-refractivity contribution in [2.45, 2.75) is 11.5 Å². The molecule has 0 radical (unpaired) electrons. The Morgan fingerprint density at radius 3 is 2.65 bits per heavy atom.